The molecule has 3 heteroatoms. The van der Waals surface area contributed by atoms with Crippen LogP contribution in [0.3, 0.4) is 0 Å². The van der Waals surface area contributed by atoms with E-state index in [-0.39, 0.29) is 0 Å². The molecule has 0 aromatic carbocycles. The minimum absolute atomic E-state index is 0.351. The zero-order valence-corrected chi connectivity index (χ0v) is 14.2. The van der Waals surface area contributed by atoms with Crippen molar-refractivity contribution in [3.63, 3.8) is 0 Å². The van der Waals surface area contributed by atoms with E-state index in [2.05, 4.69) is 37.5 Å². The van der Waals surface area contributed by atoms with Crippen LogP contribution >= 0.6 is 0 Å². The predicted octanol–water partition coefficient (Wildman–Crippen LogP) is 2.85. The van der Waals surface area contributed by atoms with Gasteiger partial charge in [0.2, 0.25) is 0 Å². The second-order valence-electron chi connectivity index (χ2n) is 7.94. The third-order valence-corrected chi connectivity index (χ3v) is 5.22. The van der Waals surface area contributed by atoms with Gasteiger partial charge >= 0.3 is 0 Å². The normalized spacial score (nSPS) is 29.1. The molecular formula is C17H34N2O. The van der Waals surface area contributed by atoms with Gasteiger partial charge in [0, 0.05) is 45.4 Å². The molecule has 0 spiro atoms. The number of nitrogens with zero attached hydrogens (tertiary/aromatic N) is 2. The van der Waals surface area contributed by atoms with Crippen LogP contribution in [0.1, 0.15) is 47.0 Å². The molecule has 0 amide bonds. The molecule has 2 aliphatic heterocycles. The van der Waals surface area contributed by atoms with Crippen molar-refractivity contribution < 1.29 is 4.74 Å². The molecule has 0 saturated carbocycles. The maximum Gasteiger partial charge on any atom is 0.0467 e. The second kappa shape index (κ2) is 6.76. The van der Waals surface area contributed by atoms with Gasteiger partial charge in [-0.05, 0) is 37.1 Å². The van der Waals surface area contributed by atoms with Crippen molar-refractivity contribution in [3.8, 4) is 0 Å². The summed E-state index contributed by atoms with van der Waals surface area (Å²) >= 11 is 0. The van der Waals surface area contributed by atoms with Crippen molar-refractivity contribution in [1.82, 2.24) is 9.80 Å². The van der Waals surface area contributed by atoms with Gasteiger partial charge in [0.25, 0.3) is 0 Å². The first kappa shape index (κ1) is 16.3. The summed E-state index contributed by atoms with van der Waals surface area (Å²) < 4.78 is 5.28. The van der Waals surface area contributed by atoms with E-state index in [0.29, 0.717) is 5.41 Å². The second-order valence-corrected chi connectivity index (χ2v) is 7.94. The Labute approximate surface area is 125 Å². The van der Waals surface area contributed by atoms with Crippen molar-refractivity contribution >= 4 is 0 Å². The van der Waals surface area contributed by atoms with E-state index in [0.717, 1.165) is 31.0 Å². The van der Waals surface area contributed by atoms with Crippen molar-refractivity contribution in [2.75, 3.05) is 39.9 Å². The molecule has 0 aliphatic carbocycles. The molecule has 0 bridgehead atoms. The minimum Gasteiger partial charge on any atom is -0.385 e. The van der Waals surface area contributed by atoms with Gasteiger partial charge in [0.1, 0.15) is 0 Å². The summed E-state index contributed by atoms with van der Waals surface area (Å²) in [5, 5.41) is 0. The number of methoxy groups -OCH3 is 1. The van der Waals surface area contributed by atoms with Crippen LogP contribution in [-0.4, -0.2) is 61.8 Å². The molecule has 0 N–H and O–H groups in total. The highest BCUT2D eigenvalue weighted by molar-refractivity contribution is 4.94. The zero-order valence-electron chi connectivity index (χ0n) is 14.2. The topological polar surface area (TPSA) is 15.7 Å². The molecule has 2 saturated heterocycles. The highest BCUT2D eigenvalue weighted by atomic mass is 16.5. The molecule has 3 nitrogen and oxygen atoms in total. The third-order valence-electron chi connectivity index (χ3n) is 5.22. The molecular weight excluding hydrogens is 248 g/mol. The third kappa shape index (κ3) is 3.96. The van der Waals surface area contributed by atoms with E-state index in [4.69, 9.17) is 4.74 Å². The SMILES string of the molecule is COCCC(C)(C)CN1CC2CCCN2CC1C(C)C. The van der Waals surface area contributed by atoms with Gasteiger partial charge in [-0.3, -0.25) is 9.80 Å². The number of hydrogen-bond acceptors (Lipinski definition) is 3. The van der Waals surface area contributed by atoms with E-state index in [1.165, 1.54) is 39.0 Å². The number of hydrogen-bond donors (Lipinski definition) is 0. The molecule has 2 heterocycles. The molecule has 2 unspecified atom stereocenters. The lowest BCUT2D eigenvalue weighted by Crippen LogP contribution is -2.59. The largest absolute Gasteiger partial charge is 0.385 e. The first-order valence-electron chi connectivity index (χ1n) is 8.40. The monoisotopic (exact) mass is 282 g/mol. The van der Waals surface area contributed by atoms with Crippen molar-refractivity contribution in [3.05, 3.63) is 0 Å². The Morgan fingerprint density at radius 2 is 2.00 bits per heavy atom. The predicted molar refractivity (Wildman–Crippen MR) is 85.1 cm³/mol. The Balaban J connectivity index is 1.99. The summed E-state index contributed by atoms with van der Waals surface area (Å²) in [6.07, 6.45) is 3.95. The van der Waals surface area contributed by atoms with Crippen molar-refractivity contribution in [2.45, 2.75) is 59.0 Å². The zero-order chi connectivity index (χ0) is 14.8. The van der Waals surface area contributed by atoms with E-state index in [1.54, 1.807) is 0 Å². The van der Waals surface area contributed by atoms with Gasteiger partial charge in [-0.1, -0.05) is 27.7 Å². The van der Waals surface area contributed by atoms with Crippen LogP contribution in [0.25, 0.3) is 0 Å². The molecule has 2 atom stereocenters. The quantitative estimate of drug-likeness (QED) is 0.745. The molecule has 0 radical (unpaired) electrons. The van der Waals surface area contributed by atoms with Crippen molar-refractivity contribution in [1.29, 1.82) is 0 Å². The number of ether oxygens (including phenoxy) is 1. The Morgan fingerprint density at radius 3 is 2.65 bits per heavy atom. The Kier molecular flexibility index (Phi) is 5.49. The Morgan fingerprint density at radius 1 is 1.25 bits per heavy atom. The van der Waals surface area contributed by atoms with Crippen LogP contribution in [-0.2, 0) is 4.74 Å². The van der Waals surface area contributed by atoms with Crippen LogP contribution in [0, 0.1) is 11.3 Å². The van der Waals surface area contributed by atoms with Crippen LogP contribution in [0.2, 0.25) is 0 Å². The standard InChI is InChI=1S/C17H34N2O/c1-14(2)16-12-18-9-6-7-15(18)11-19(16)13-17(3,4)8-10-20-5/h14-16H,6-13H2,1-5H3. The first-order chi connectivity index (χ1) is 9.43. The minimum atomic E-state index is 0.351. The smallest absolute Gasteiger partial charge is 0.0467 e. The fourth-order valence-electron chi connectivity index (χ4n) is 3.93. The molecule has 2 aliphatic rings. The van der Waals surface area contributed by atoms with Crippen LogP contribution in [0.4, 0.5) is 0 Å². The fraction of sp³-hybridized carbons (Fsp3) is 1.00. The maximum absolute atomic E-state index is 5.28. The van der Waals surface area contributed by atoms with Gasteiger partial charge in [0.15, 0.2) is 0 Å². The maximum atomic E-state index is 5.28. The average Bonchev–Trinajstić information content (AvgIpc) is 2.82. The number of rotatable bonds is 6. The molecule has 2 rings (SSSR count). The Bertz CT molecular complexity index is 303. The van der Waals surface area contributed by atoms with Gasteiger partial charge < -0.3 is 4.74 Å². The lowest BCUT2D eigenvalue weighted by atomic mass is 9.86. The van der Waals surface area contributed by atoms with Gasteiger partial charge in [0.05, 0.1) is 0 Å². The van der Waals surface area contributed by atoms with E-state index >= 15 is 0 Å². The van der Waals surface area contributed by atoms with Crippen LogP contribution in [0.15, 0.2) is 0 Å². The van der Waals surface area contributed by atoms with Gasteiger partial charge in [-0.25, -0.2) is 0 Å². The summed E-state index contributed by atoms with van der Waals surface area (Å²) in [7, 11) is 1.81. The number of fused-ring (bicyclic) bond motifs is 1. The molecule has 118 valence electrons. The van der Waals surface area contributed by atoms with Crippen LogP contribution < -0.4 is 0 Å². The van der Waals surface area contributed by atoms with E-state index in [1.807, 2.05) is 7.11 Å². The van der Waals surface area contributed by atoms with E-state index in [9.17, 15) is 0 Å². The van der Waals surface area contributed by atoms with Crippen LogP contribution in [0.5, 0.6) is 0 Å². The summed E-state index contributed by atoms with van der Waals surface area (Å²) in [5.74, 6) is 0.745. The summed E-state index contributed by atoms with van der Waals surface area (Å²) in [5.41, 5.74) is 0.351. The summed E-state index contributed by atoms with van der Waals surface area (Å²) in [4.78, 5) is 5.52. The molecule has 2 fully saturated rings. The van der Waals surface area contributed by atoms with Gasteiger partial charge in [-0.2, -0.15) is 0 Å². The van der Waals surface area contributed by atoms with E-state index < -0.39 is 0 Å². The number of piperazine rings is 1. The fourth-order valence-corrected chi connectivity index (χ4v) is 3.93. The highest BCUT2D eigenvalue weighted by Gasteiger charge is 2.39. The average molecular weight is 282 g/mol. The lowest BCUT2D eigenvalue weighted by molar-refractivity contribution is 0.00102. The van der Waals surface area contributed by atoms with Gasteiger partial charge in [-0.15, -0.1) is 0 Å². The first-order valence-corrected chi connectivity index (χ1v) is 8.40. The lowest BCUT2D eigenvalue weighted by Gasteiger charge is -2.48. The summed E-state index contributed by atoms with van der Waals surface area (Å²) in [6, 6.07) is 1.55. The molecule has 0 aromatic heterocycles. The van der Waals surface area contributed by atoms with Crippen molar-refractivity contribution in [2.24, 2.45) is 11.3 Å². The summed E-state index contributed by atoms with van der Waals surface area (Å²) in [6.45, 7) is 15.5. The Hall–Kier alpha value is -0.120. The molecule has 0 aromatic rings. The highest BCUT2D eigenvalue weighted by Crippen LogP contribution is 2.31. The molecule has 20 heavy (non-hydrogen) atoms.